The van der Waals surface area contributed by atoms with Crippen LogP contribution in [0.5, 0.6) is 0 Å². The minimum atomic E-state index is -0.384. The molecule has 0 aromatic carbocycles. The van der Waals surface area contributed by atoms with E-state index < -0.39 is 0 Å². The van der Waals surface area contributed by atoms with Crippen LogP contribution in [0.15, 0.2) is 24.8 Å². The van der Waals surface area contributed by atoms with Crippen molar-refractivity contribution in [3.8, 4) is 0 Å². The fourth-order valence-electron chi connectivity index (χ4n) is 1.73. The fraction of sp³-hybridized carbons (Fsp3) is 0.500. The molecule has 0 amide bonds. The summed E-state index contributed by atoms with van der Waals surface area (Å²) in [5.74, 6) is 0. The van der Waals surface area contributed by atoms with Gasteiger partial charge in [0, 0.05) is 43.2 Å². The molecule has 2 aromatic rings. The van der Waals surface area contributed by atoms with E-state index in [4.69, 9.17) is 0 Å². The SMILES string of the molecule is CCn1cc(CNCc2cnn(CCF)c2)cn1.Cl. The lowest BCUT2D eigenvalue weighted by Crippen LogP contribution is -2.11. The summed E-state index contributed by atoms with van der Waals surface area (Å²) in [6.07, 6.45) is 7.52. The molecule has 0 aliphatic rings. The zero-order valence-electron chi connectivity index (χ0n) is 10.9. The van der Waals surface area contributed by atoms with E-state index >= 15 is 0 Å². The van der Waals surface area contributed by atoms with Gasteiger partial charge in [-0.05, 0) is 6.92 Å². The summed E-state index contributed by atoms with van der Waals surface area (Å²) in [4.78, 5) is 0. The first-order chi connectivity index (χ1) is 8.81. The first kappa shape index (κ1) is 15.7. The molecule has 5 nitrogen and oxygen atoms in total. The molecule has 0 bridgehead atoms. The van der Waals surface area contributed by atoms with Gasteiger partial charge in [0.25, 0.3) is 0 Å². The predicted octanol–water partition coefficient (Wildman–Crippen LogP) is 1.78. The van der Waals surface area contributed by atoms with Crippen LogP contribution in [0, 0.1) is 0 Å². The Kier molecular flexibility index (Phi) is 6.52. The van der Waals surface area contributed by atoms with Gasteiger partial charge in [-0.3, -0.25) is 9.36 Å². The number of hydrogen-bond donors (Lipinski definition) is 1. The maximum Gasteiger partial charge on any atom is 0.109 e. The Balaban J connectivity index is 0.00000180. The summed E-state index contributed by atoms with van der Waals surface area (Å²) in [5, 5.41) is 11.6. The Morgan fingerprint density at radius 2 is 1.68 bits per heavy atom. The minimum absolute atomic E-state index is 0. The molecule has 19 heavy (non-hydrogen) atoms. The highest BCUT2D eigenvalue weighted by Crippen LogP contribution is 2.00. The van der Waals surface area contributed by atoms with Crippen molar-refractivity contribution in [2.75, 3.05) is 6.67 Å². The smallest absolute Gasteiger partial charge is 0.109 e. The van der Waals surface area contributed by atoms with Gasteiger partial charge in [0.05, 0.1) is 18.9 Å². The molecule has 0 aliphatic carbocycles. The molecule has 0 saturated heterocycles. The van der Waals surface area contributed by atoms with E-state index in [1.807, 2.05) is 23.3 Å². The van der Waals surface area contributed by atoms with E-state index in [2.05, 4.69) is 22.4 Å². The number of nitrogens with one attached hydrogen (secondary N) is 1. The summed E-state index contributed by atoms with van der Waals surface area (Å²) < 4.78 is 15.6. The van der Waals surface area contributed by atoms with Gasteiger partial charge in [-0.15, -0.1) is 12.4 Å². The van der Waals surface area contributed by atoms with Crippen LogP contribution in [-0.2, 0) is 26.2 Å². The zero-order chi connectivity index (χ0) is 12.8. The molecule has 0 atom stereocenters. The molecule has 106 valence electrons. The average molecular weight is 288 g/mol. The third kappa shape index (κ3) is 4.65. The van der Waals surface area contributed by atoms with E-state index in [-0.39, 0.29) is 19.1 Å². The van der Waals surface area contributed by atoms with Crippen LogP contribution in [0.3, 0.4) is 0 Å². The second-order valence-corrected chi connectivity index (χ2v) is 4.11. The van der Waals surface area contributed by atoms with Gasteiger partial charge in [0.2, 0.25) is 0 Å². The summed E-state index contributed by atoms with van der Waals surface area (Å²) in [6.45, 7) is 4.38. The second kappa shape index (κ2) is 7.91. The third-order valence-corrected chi connectivity index (χ3v) is 2.67. The van der Waals surface area contributed by atoms with Crippen molar-refractivity contribution in [2.24, 2.45) is 0 Å². The molecule has 1 N–H and O–H groups in total. The van der Waals surface area contributed by atoms with E-state index in [1.54, 1.807) is 10.9 Å². The van der Waals surface area contributed by atoms with E-state index in [9.17, 15) is 4.39 Å². The molecule has 0 aliphatic heterocycles. The summed E-state index contributed by atoms with van der Waals surface area (Å²) in [7, 11) is 0. The lowest BCUT2D eigenvalue weighted by atomic mass is 10.3. The van der Waals surface area contributed by atoms with Crippen molar-refractivity contribution in [3.05, 3.63) is 35.9 Å². The van der Waals surface area contributed by atoms with E-state index in [1.165, 1.54) is 0 Å². The molecule has 0 unspecified atom stereocenters. The van der Waals surface area contributed by atoms with Gasteiger partial charge in [0.15, 0.2) is 0 Å². The van der Waals surface area contributed by atoms with Crippen molar-refractivity contribution in [1.82, 2.24) is 24.9 Å². The Bertz CT molecular complexity index is 482. The number of halogens is 2. The van der Waals surface area contributed by atoms with Crippen LogP contribution in [0.25, 0.3) is 0 Å². The van der Waals surface area contributed by atoms with Crippen molar-refractivity contribution in [2.45, 2.75) is 33.1 Å². The molecule has 2 rings (SSSR count). The van der Waals surface area contributed by atoms with Crippen LogP contribution >= 0.6 is 12.4 Å². The standard InChI is InChI=1S/C12H18FN5.ClH/c1-2-17-9-11(7-15-17)5-14-6-12-8-16-18(10-12)4-3-13;/h7-10,14H,2-6H2,1H3;1H. The van der Waals surface area contributed by atoms with Crippen LogP contribution in [0.2, 0.25) is 0 Å². The quantitative estimate of drug-likeness (QED) is 0.844. The fourth-order valence-corrected chi connectivity index (χ4v) is 1.73. The molecule has 0 spiro atoms. The van der Waals surface area contributed by atoms with Crippen LogP contribution in [0.4, 0.5) is 4.39 Å². The highest BCUT2D eigenvalue weighted by molar-refractivity contribution is 5.85. The third-order valence-electron chi connectivity index (χ3n) is 2.67. The van der Waals surface area contributed by atoms with E-state index in [0.29, 0.717) is 6.54 Å². The average Bonchev–Trinajstić information content (AvgIpc) is 2.99. The molecule has 7 heteroatoms. The van der Waals surface area contributed by atoms with E-state index in [0.717, 1.165) is 30.8 Å². The lowest BCUT2D eigenvalue weighted by molar-refractivity contribution is 0.427. The number of hydrogen-bond acceptors (Lipinski definition) is 3. The monoisotopic (exact) mass is 287 g/mol. The van der Waals surface area contributed by atoms with Crippen molar-refractivity contribution in [1.29, 1.82) is 0 Å². The Morgan fingerprint density at radius 1 is 1.11 bits per heavy atom. The van der Waals surface area contributed by atoms with Gasteiger partial charge < -0.3 is 5.32 Å². The molecular formula is C12H19ClFN5. The number of aryl methyl sites for hydroxylation is 2. The van der Waals surface area contributed by atoms with Gasteiger partial charge >= 0.3 is 0 Å². The maximum atomic E-state index is 12.1. The van der Waals surface area contributed by atoms with Gasteiger partial charge in [-0.2, -0.15) is 10.2 Å². The van der Waals surface area contributed by atoms with Gasteiger partial charge in [0.1, 0.15) is 6.67 Å². The second-order valence-electron chi connectivity index (χ2n) is 4.11. The first-order valence-corrected chi connectivity index (χ1v) is 6.11. The number of rotatable bonds is 7. The molecule has 2 aromatic heterocycles. The summed E-state index contributed by atoms with van der Waals surface area (Å²) >= 11 is 0. The molecule has 0 saturated carbocycles. The maximum absolute atomic E-state index is 12.1. The highest BCUT2D eigenvalue weighted by Gasteiger charge is 2.00. The van der Waals surface area contributed by atoms with Gasteiger partial charge in [-0.1, -0.05) is 0 Å². The number of nitrogens with zero attached hydrogens (tertiary/aromatic N) is 4. The van der Waals surface area contributed by atoms with Crippen LogP contribution in [0.1, 0.15) is 18.1 Å². The Hall–Kier alpha value is -1.40. The number of alkyl halides is 1. The van der Waals surface area contributed by atoms with Crippen molar-refractivity contribution < 1.29 is 4.39 Å². The largest absolute Gasteiger partial charge is 0.308 e. The zero-order valence-corrected chi connectivity index (χ0v) is 11.7. The van der Waals surface area contributed by atoms with Crippen LogP contribution < -0.4 is 5.32 Å². The molecule has 2 heterocycles. The predicted molar refractivity (Wildman–Crippen MR) is 73.9 cm³/mol. The van der Waals surface area contributed by atoms with Crippen molar-refractivity contribution >= 4 is 12.4 Å². The Morgan fingerprint density at radius 3 is 2.21 bits per heavy atom. The normalized spacial score (nSPS) is 10.4. The summed E-state index contributed by atoms with van der Waals surface area (Å²) in [5.41, 5.74) is 2.22. The molecule has 0 radical (unpaired) electrons. The highest BCUT2D eigenvalue weighted by atomic mass is 35.5. The number of aromatic nitrogens is 4. The Labute approximate surface area is 118 Å². The molecule has 0 fully saturated rings. The lowest BCUT2D eigenvalue weighted by Gasteiger charge is -2.00. The first-order valence-electron chi connectivity index (χ1n) is 6.11. The topological polar surface area (TPSA) is 47.7 Å². The molecular weight excluding hydrogens is 269 g/mol. The van der Waals surface area contributed by atoms with Gasteiger partial charge in [-0.25, -0.2) is 4.39 Å². The summed E-state index contributed by atoms with van der Waals surface area (Å²) in [6, 6.07) is 0. The van der Waals surface area contributed by atoms with Crippen molar-refractivity contribution in [3.63, 3.8) is 0 Å². The minimum Gasteiger partial charge on any atom is -0.308 e. The van der Waals surface area contributed by atoms with Crippen LogP contribution in [-0.4, -0.2) is 26.2 Å².